The Bertz CT molecular complexity index is 497. The first-order valence-corrected chi connectivity index (χ1v) is 10.4. The maximum atomic E-state index is 11.4. The molecule has 18 heavy (non-hydrogen) atoms. The van der Waals surface area contributed by atoms with Crippen molar-refractivity contribution in [1.82, 2.24) is 0 Å². The lowest BCUT2D eigenvalue weighted by molar-refractivity contribution is -0.109. The van der Waals surface area contributed by atoms with Crippen molar-refractivity contribution < 1.29 is 4.79 Å². The zero-order valence-corrected chi connectivity index (χ0v) is 12.8. The van der Waals surface area contributed by atoms with Gasteiger partial charge in [-0.25, -0.2) is 0 Å². The van der Waals surface area contributed by atoms with Gasteiger partial charge in [-0.05, 0) is 12.1 Å². The molecular formula is C15H18OSSi. The monoisotopic (exact) mass is 274 g/mol. The molecule has 1 aromatic rings. The molecule has 94 valence electrons. The van der Waals surface area contributed by atoms with Crippen molar-refractivity contribution in [3.8, 4) is 0 Å². The summed E-state index contributed by atoms with van der Waals surface area (Å²) in [6, 6.07) is 10.2. The molecule has 0 amide bonds. The number of thioether (sulfide) groups is 1. The smallest absolute Gasteiger partial charge is 0.131 e. The molecular weight excluding hydrogens is 256 g/mol. The van der Waals surface area contributed by atoms with Crippen LogP contribution in [-0.4, -0.2) is 14.4 Å². The largest absolute Gasteiger partial charge is 0.302 e. The summed E-state index contributed by atoms with van der Waals surface area (Å²) >= 11 is 1.70. The average molecular weight is 274 g/mol. The van der Waals surface area contributed by atoms with Crippen molar-refractivity contribution in [3.05, 3.63) is 52.6 Å². The van der Waals surface area contributed by atoms with E-state index in [1.54, 1.807) is 11.8 Å². The van der Waals surface area contributed by atoms with E-state index in [9.17, 15) is 4.79 Å². The minimum absolute atomic E-state index is 0.0122. The Hall–Kier alpha value is -1.06. The standard InChI is InChI=1S/C15H18OSSi/c1-18(2,3)15-10-9-14(13(15)11-16)17-12-7-5-4-6-8-12/h4-11,13H,1-3H3. The Balaban J connectivity index is 2.16. The van der Waals surface area contributed by atoms with Crippen molar-refractivity contribution in [2.45, 2.75) is 24.5 Å². The van der Waals surface area contributed by atoms with Gasteiger partial charge in [-0.15, -0.1) is 0 Å². The predicted molar refractivity (Wildman–Crippen MR) is 81.4 cm³/mol. The Labute approximate surface area is 114 Å². The van der Waals surface area contributed by atoms with Gasteiger partial charge in [0.05, 0.1) is 14.0 Å². The second-order valence-corrected chi connectivity index (χ2v) is 11.7. The molecule has 0 bridgehead atoms. The molecule has 0 radical (unpaired) electrons. The van der Waals surface area contributed by atoms with Gasteiger partial charge in [0.2, 0.25) is 0 Å². The van der Waals surface area contributed by atoms with Gasteiger partial charge in [0.25, 0.3) is 0 Å². The van der Waals surface area contributed by atoms with Crippen LogP contribution in [0, 0.1) is 5.92 Å². The predicted octanol–water partition coefficient (Wildman–Crippen LogP) is 4.30. The van der Waals surface area contributed by atoms with Gasteiger partial charge < -0.3 is 4.79 Å². The van der Waals surface area contributed by atoms with E-state index in [1.807, 2.05) is 18.2 Å². The van der Waals surface area contributed by atoms with E-state index in [0.29, 0.717) is 0 Å². The lowest BCUT2D eigenvalue weighted by Gasteiger charge is -2.23. The number of hydrogen-bond donors (Lipinski definition) is 0. The fourth-order valence-corrected chi connectivity index (χ4v) is 4.97. The second-order valence-electron chi connectivity index (χ2n) is 5.47. The molecule has 0 spiro atoms. The molecule has 1 unspecified atom stereocenters. The number of benzene rings is 1. The van der Waals surface area contributed by atoms with Crippen LogP contribution in [0.5, 0.6) is 0 Å². The van der Waals surface area contributed by atoms with Crippen LogP contribution in [0.1, 0.15) is 0 Å². The van der Waals surface area contributed by atoms with E-state index < -0.39 is 8.07 Å². The number of hydrogen-bond acceptors (Lipinski definition) is 2. The molecule has 0 heterocycles. The first-order chi connectivity index (χ1) is 8.52. The van der Waals surface area contributed by atoms with Crippen LogP contribution in [0.3, 0.4) is 0 Å². The Kier molecular flexibility index (Phi) is 3.93. The zero-order chi connectivity index (χ0) is 13.2. The van der Waals surface area contributed by atoms with Crippen molar-refractivity contribution in [2.75, 3.05) is 0 Å². The van der Waals surface area contributed by atoms with Crippen molar-refractivity contribution >= 4 is 26.1 Å². The maximum absolute atomic E-state index is 11.4. The van der Waals surface area contributed by atoms with Crippen LogP contribution in [-0.2, 0) is 4.79 Å². The van der Waals surface area contributed by atoms with Gasteiger partial charge in [0.1, 0.15) is 6.29 Å². The molecule has 0 N–H and O–H groups in total. The molecule has 1 atom stereocenters. The molecule has 0 fully saturated rings. The van der Waals surface area contributed by atoms with E-state index in [1.165, 1.54) is 10.1 Å². The van der Waals surface area contributed by atoms with Crippen molar-refractivity contribution in [3.63, 3.8) is 0 Å². The molecule has 1 aliphatic rings. The van der Waals surface area contributed by atoms with Gasteiger partial charge in [0.15, 0.2) is 0 Å². The summed E-state index contributed by atoms with van der Waals surface area (Å²) < 4.78 is 0. The van der Waals surface area contributed by atoms with Gasteiger partial charge in [-0.1, -0.05) is 67.0 Å². The third kappa shape index (κ3) is 2.84. The average Bonchev–Trinajstić information content (AvgIpc) is 2.73. The van der Waals surface area contributed by atoms with E-state index in [4.69, 9.17) is 0 Å². The fraction of sp³-hybridized carbons (Fsp3) is 0.267. The van der Waals surface area contributed by atoms with Gasteiger partial charge in [-0.3, -0.25) is 0 Å². The third-order valence-corrected chi connectivity index (χ3v) is 6.39. The molecule has 3 heteroatoms. The maximum Gasteiger partial charge on any atom is 0.131 e. The normalized spacial score (nSPS) is 19.4. The molecule has 0 saturated heterocycles. The van der Waals surface area contributed by atoms with Gasteiger partial charge >= 0.3 is 0 Å². The highest BCUT2D eigenvalue weighted by atomic mass is 32.2. The van der Waals surface area contributed by atoms with Gasteiger partial charge in [-0.2, -0.15) is 0 Å². The minimum atomic E-state index is -1.40. The summed E-state index contributed by atoms with van der Waals surface area (Å²) in [4.78, 5) is 13.7. The highest BCUT2D eigenvalue weighted by Gasteiger charge is 2.32. The molecule has 0 aliphatic heterocycles. The lowest BCUT2D eigenvalue weighted by atomic mass is 10.2. The number of aldehydes is 1. The number of carbonyl (C=O) groups is 1. The van der Waals surface area contributed by atoms with Crippen molar-refractivity contribution in [1.29, 1.82) is 0 Å². The second kappa shape index (κ2) is 5.29. The van der Waals surface area contributed by atoms with E-state index in [2.05, 4.69) is 43.9 Å². The Morgan fingerprint density at radius 1 is 1.11 bits per heavy atom. The lowest BCUT2D eigenvalue weighted by Crippen LogP contribution is -2.28. The van der Waals surface area contributed by atoms with Crippen LogP contribution >= 0.6 is 11.8 Å². The van der Waals surface area contributed by atoms with Crippen LogP contribution in [0.25, 0.3) is 0 Å². The van der Waals surface area contributed by atoms with Crippen LogP contribution in [0.4, 0.5) is 0 Å². The van der Waals surface area contributed by atoms with Crippen LogP contribution in [0.2, 0.25) is 19.6 Å². The molecule has 0 saturated carbocycles. The first kappa shape index (κ1) is 13.4. The first-order valence-electron chi connectivity index (χ1n) is 6.13. The summed E-state index contributed by atoms with van der Waals surface area (Å²) in [5, 5.41) is 1.34. The SMILES string of the molecule is C[Si](C)(C)C1=CC=C(Sc2ccccc2)C1C=O. The molecule has 1 aromatic carbocycles. The quantitative estimate of drug-likeness (QED) is 0.601. The van der Waals surface area contributed by atoms with Gasteiger partial charge in [0, 0.05) is 9.80 Å². The molecule has 1 nitrogen and oxygen atoms in total. The highest BCUT2D eigenvalue weighted by Crippen LogP contribution is 2.40. The molecule has 2 rings (SSSR count). The van der Waals surface area contributed by atoms with E-state index >= 15 is 0 Å². The van der Waals surface area contributed by atoms with Crippen molar-refractivity contribution in [2.24, 2.45) is 5.92 Å². The number of rotatable bonds is 4. The highest BCUT2D eigenvalue weighted by molar-refractivity contribution is 8.03. The minimum Gasteiger partial charge on any atom is -0.302 e. The molecule has 0 aromatic heterocycles. The Morgan fingerprint density at radius 2 is 1.78 bits per heavy atom. The van der Waals surface area contributed by atoms with Crippen LogP contribution < -0.4 is 0 Å². The van der Waals surface area contributed by atoms with Crippen LogP contribution in [0.15, 0.2) is 57.5 Å². The number of carbonyl (C=O) groups excluding carboxylic acids is 1. The van der Waals surface area contributed by atoms with E-state index in [0.717, 1.165) is 11.2 Å². The summed E-state index contributed by atoms with van der Waals surface area (Å²) in [5.74, 6) is -0.0122. The summed E-state index contributed by atoms with van der Waals surface area (Å²) in [6.07, 6.45) is 5.37. The van der Waals surface area contributed by atoms with E-state index in [-0.39, 0.29) is 5.92 Å². The summed E-state index contributed by atoms with van der Waals surface area (Å²) in [6.45, 7) is 6.87. The zero-order valence-electron chi connectivity index (χ0n) is 11.0. The number of allylic oxidation sites excluding steroid dienone is 4. The fourth-order valence-electron chi connectivity index (χ4n) is 2.11. The molecule has 1 aliphatic carbocycles. The third-order valence-electron chi connectivity index (χ3n) is 3.05. The summed E-state index contributed by atoms with van der Waals surface area (Å²) in [5.41, 5.74) is 0. The summed E-state index contributed by atoms with van der Waals surface area (Å²) in [7, 11) is -1.40. The topological polar surface area (TPSA) is 17.1 Å². The Morgan fingerprint density at radius 3 is 2.33 bits per heavy atom.